The molecule has 1 aromatic carbocycles. The van der Waals surface area contributed by atoms with Gasteiger partial charge in [-0.15, -0.1) is 0 Å². The van der Waals surface area contributed by atoms with Gasteiger partial charge in [0.2, 0.25) is 0 Å². The molecule has 0 spiro atoms. The first kappa shape index (κ1) is 10.8. The van der Waals surface area contributed by atoms with E-state index in [0.29, 0.717) is 11.8 Å². The van der Waals surface area contributed by atoms with Crippen LogP contribution in [0.15, 0.2) is 53.6 Å². The SMILES string of the molecule is CC(C)=C1[C@H]2C=CC[C@H]2[C@]1(O)c1ccccc1. The Kier molecular flexibility index (Phi) is 2.27. The Morgan fingerprint density at radius 3 is 2.59 bits per heavy atom. The number of hydrogen-bond acceptors (Lipinski definition) is 1. The van der Waals surface area contributed by atoms with E-state index in [1.807, 2.05) is 30.3 Å². The highest BCUT2D eigenvalue weighted by Crippen LogP contribution is 2.60. The van der Waals surface area contributed by atoms with Crippen molar-refractivity contribution in [2.75, 3.05) is 0 Å². The van der Waals surface area contributed by atoms with Gasteiger partial charge in [-0.1, -0.05) is 48.1 Å². The van der Waals surface area contributed by atoms with Crippen LogP contribution in [-0.4, -0.2) is 5.11 Å². The van der Waals surface area contributed by atoms with Crippen LogP contribution in [0.25, 0.3) is 0 Å². The highest BCUT2D eigenvalue weighted by Gasteiger charge is 2.58. The Bertz CT molecular complexity index is 494. The van der Waals surface area contributed by atoms with Crippen LogP contribution in [0.3, 0.4) is 0 Å². The fourth-order valence-corrected chi connectivity index (χ4v) is 3.51. The summed E-state index contributed by atoms with van der Waals surface area (Å²) in [6.45, 7) is 4.21. The molecule has 88 valence electrons. The van der Waals surface area contributed by atoms with E-state index in [9.17, 15) is 5.11 Å². The molecule has 1 heteroatoms. The van der Waals surface area contributed by atoms with Gasteiger partial charge in [0.1, 0.15) is 5.60 Å². The van der Waals surface area contributed by atoms with E-state index in [-0.39, 0.29) is 0 Å². The summed E-state index contributed by atoms with van der Waals surface area (Å²) in [6, 6.07) is 10.1. The average Bonchev–Trinajstić information content (AvgIpc) is 2.74. The van der Waals surface area contributed by atoms with Gasteiger partial charge in [-0.3, -0.25) is 0 Å². The molecule has 1 N–H and O–H groups in total. The molecule has 0 aromatic heterocycles. The minimum atomic E-state index is -0.728. The zero-order valence-electron chi connectivity index (χ0n) is 10.4. The molecule has 0 saturated heterocycles. The van der Waals surface area contributed by atoms with Gasteiger partial charge in [-0.05, 0) is 31.4 Å². The van der Waals surface area contributed by atoms with Crippen molar-refractivity contribution in [3.8, 4) is 0 Å². The van der Waals surface area contributed by atoms with Crippen molar-refractivity contribution in [1.82, 2.24) is 0 Å². The highest BCUT2D eigenvalue weighted by molar-refractivity contribution is 5.48. The second kappa shape index (κ2) is 3.58. The van der Waals surface area contributed by atoms with E-state index in [1.165, 1.54) is 11.1 Å². The Hall–Kier alpha value is -1.34. The summed E-state index contributed by atoms with van der Waals surface area (Å²) in [5.41, 5.74) is 2.78. The maximum atomic E-state index is 11.1. The Balaban J connectivity index is 2.11. The zero-order chi connectivity index (χ0) is 12.0. The number of fused-ring (bicyclic) bond motifs is 1. The molecule has 0 aliphatic heterocycles. The molecule has 3 atom stereocenters. The van der Waals surface area contributed by atoms with E-state index in [2.05, 4.69) is 26.0 Å². The van der Waals surface area contributed by atoms with Crippen molar-refractivity contribution in [2.24, 2.45) is 11.8 Å². The smallest absolute Gasteiger partial charge is 0.115 e. The number of aliphatic hydroxyl groups is 1. The lowest BCUT2D eigenvalue weighted by atomic mass is 9.55. The minimum Gasteiger partial charge on any atom is -0.380 e. The van der Waals surface area contributed by atoms with Gasteiger partial charge in [0, 0.05) is 11.8 Å². The van der Waals surface area contributed by atoms with Gasteiger partial charge < -0.3 is 5.11 Å². The van der Waals surface area contributed by atoms with Gasteiger partial charge in [0.25, 0.3) is 0 Å². The van der Waals surface area contributed by atoms with Crippen molar-refractivity contribution >= 4 is 0 Å². The summed E-state index contributed by atoms with van der Waals surface area (Å²) in [7, 11) is 0. The predicted molar refractivity (Wildman–Crippen MR) is 69.4 cm³/mol. The third-order valence-corrected chi connectivity index (χ3v) is 4.20. The van der Waals surface area contributed by atoms with Crippen molar-refractivity contribution in [2.45, 2.75) is 25.9 Å². The lowest BCUT2D eigenvalue weighted by molar-refractivity contribution is -0.0601. The van der Waals surface area contributed by atoms with Gasteiger partial charge in [0.05, 0.1) is 0 Å². The second-order valence-electron chi connectivity index (χ2n) is 5.34. The van der Waals surface area contributed by atoms with E-state index in [0.717, 1.165) is 12.0 Å². The maximum Gasteiger partial charge on any atom is 0.115 e. The molecule has 1 fully saturated rings. The molecule has 17 heavy (non-hydrogen) atoms. The number of rotatable bonds is 1. The van der Waals surface area contributed by atoms with Gasteiger partial charge >= 0.3 is 0 Å². The third-order valence-electron chi connectivity index (χ3n) is 4.20. The van der Waals surface area contributed by atoms with Crippen LogP contribution < -0.4 is 0 Å². The van der Waals surface area contributed by atoms with Crippen molar-refractivity contribution in [3.05, 3.63) is 59.2 Å². The molecule has 0 amide bonds. The van der Waals surface area contributed by atoms with Crippen LogP contribution in [-0.2, 0) is 5.60 Å². The lowest BCUT2D eigenvalue weighted by Crippen LogP contribution is -2.52. The average molecular weight is 226 g/mol. The highest BCUT2D eigenvalue weighted by atomic mass is 16.3. The van der Waals surface area contributed by atoms with E-state index in [4.69, 9.17) is 0 Å². The zero-order valence-corrected chi connectivity index (χ0v) is 10.4. The van der Waals surface area contributed by atoms with Crippen molar-refractivity contribution < 1.29 is 5.11 Å². The normalized spacial score (nSPS) is 34.4. The Labute approximate surface area is 102 Å². The minimum absolute atomic E-state index is 0.342. The van der Waals surface area contributed by atoms with Gasteiger partial charge in [-0.2, -0.15) is 0 Å². The first-order valence-electron chi connectivity index (χ1n) is 6.28. The van der Waals surface area contributed by atoms with Crippen LogP contribution in [0, 0.1) is 11.8 Å². The molecule has 3 rings (SSSR count). The first-order valence-corrected chi connectivity index (χ1v) is 6.28. The molecule has 2 aliphatic carbocycles. The maximum absolute atomic E-state index is 11.1. The standard InChI is InChI=1S/C16H18O/c1-11(2)15-13-9-6-10-14(13)16(15,17)12-7-4-3-5-8-12/h3-9,13-14,17H,10H2,1-2H3/t13-,14+,16+/m0/s1. The van der Waals surface area contributed by atoms with Crippen molar-refractivity contribution in [1.29, 1.82) is 0 Å². The molecule has 0 bridgehead atoms. The molecule has 1 nitrogen and oxygen atoms in total. The molecular weight excluding hydrogens is 208 g/mol. The number of benzene rings is 1. The Morgan fingerprint density at radius 2 is 1.94 bits per heavy atom. The first-order chi connectivity index (χ1) is 8.15. The van der Waals surface area contributed by atoms with E-state index >= 15 is 0 Å². The summed E-state index contributed by atoms with van der Waals surface area (Å²) >= 11 is 0. The summed E-state index contributed by atoms with van der Waals surface area (Å²) in [5.74, 6) is 0.806. The quantitative estimate of drug-likeness (QED) is 0.727. The summed E-state index contributed by atoms with van der Waals surface area (Å²) in [4.78, 5) is 0. The van der Waals surface area contributed by atoms with Crippen LogP contribution >= 0.6 is 0 Å². The summed E-state index contributed by atoms with van der Waals surface area (Å²) in [6.07, 6.45) is 5.45. The fraction of sp³-hybridized carbons (Fsp3) is 0.375. The van der Waals surface area contributed by atoms with Crippen LogP contribution in [0.4, 0.5) is 0 Å². The molecular formula is C16H18O. The number of hydrogen-bond donors (Lipinski definition) is 1. The monoisotopic (exact) mass is 226 g/mol. The molecule has 1 aromatic rings. The molecule has 2 aliphatic rings. The van der Waals surface area contributed by atoms with Crippen LogP contribution in [0.2, 0.25) is 0 Å². The molecule has 0 unspecified atom stereocenters. The summed E-state index contributed by atoms with van der Waals surface area (Å²) in [5, 5.41) is 11.1. The third kappa shape index (κ3) is 1.29. The fourth-order valence-electron chi connectivity index (χ4n) is 3.51. The largest absolute Gasteiger partial charge is 0.380 e. The van der Waals surface area contributed by atoms with Crippen LogP contribution in [0.1, 0.15) is 25.8 Å². The number of allylic oxidation sites excluding steroid dienone is 3. The molecule has 0 heterocycles. The van der Waals surface area contributed by atoms with Crippen molar-refractivity contribution in [3.63, 3.8) is 0 Å². The topological polar surface area (TPSA) is 20.2 Å². The van der Waals surface area contributed by atoms with Crippen LogP contribution in [0.5, 0.6) is 0 Å². The lowest BCUT2D eigenvalue weighted by Gasteiger charge is -2.52. The van der Waals surface area contributed by atoms with Gasteiger partial charge in [0.15, 0.2) is 0 Å². The van der Waals surface area contributed by atoms with Gasteiger partial charge in [-0.25, -0.2) is 0 Å². The molecule has 0 radical (unpaired) electrons. The summed E-state index contributed by atoms with van der Waals surface area (Å²) < 4.78 is 0. The van der Waals surface area contributed by atoms with E-state index < -0.39 is 5.60 Å². The molecule has 1 saturated carbocycles. The Morgan fingerprint density at radius 1 is 1.24 bits per heavy atom. The predicted octanol–water partition coefficient (Wildman–Crippen LogP) is 3.42. The van der Waals surface area contributed by atoms with E-state index in [1.54, 1.807) is 0 Å². The second-order valence-corrected chi connectivity index (χ2v) is 5.34.